The molecule has 2 nitrogen and oxygen atoms in total. The second-order valence-corrected chi connectivity index (χ2v) is 4.59. The van der Waals surface area contributed by atoms with Crippen molar-refractivity contribution in [2.24, 2.45) is 5.73 Å². The van der Waals surface area contributed by atoms with E-state index in [1.165, 1.54) is 12.1 Å². The average molecular weight is 277 g/mol. The van der Waals surface area contributed by atoms with Gasteiger partial charge in [0, 0.05) is 12.1 Å². The van der Waals surface area contributed by atoms with Crippen molar-refractivity contribution in [1.82, 2.24) is 0 Å². The van der Waals surface area contributed by atoms with Crippen LogP contribution in [0.3, 0.4) is 0 Å². The topological polar surface area (TPSA) is 35.2 Å². The average Bonchev–Trinajstić information content (AvgIpc) is 2.38. The number of hydrogen-bond donors (Lipinski definition) is 1. The lowest BCUT2D eigenvalue weighted by Gasteiger charge is -2.14. The molecule has 2 rings (SSSR count). The molecule has 0 aliphatic heterocycles. The van der Waals surface area contributed by atoms with Crippen molar-refractivity contribution < 1.29 is 13.5 Å². The third-order valence-electron chi connectivity index (χ3n) is 2.98. The molecule has 0 saturated carbocycles. The Hall–Kier alpha value is -1.94. The molecule has 0 bridgehead atoms. The van der Waals surface area contributed by atoms with Crippen LogP contribution in [0.15, 0.2) is 42.5 Å². The summed E-state index contributed by atoms with van der Waals surface area (Å²) >= 11 is 0. The molecule has 0 saturated heterocycles. The zero-order valence-corrected chi connectivity index (χ0v) is 11.3. The van der Waals surface area contributed by atoms with Crippen LogP contribution >= 0.6 is 0 Å². The van der Waals surface area contributed by atoms with E-state index >= 15 is 0 Å². The summed E-state index contributed by atoms with van der Waals surface area (Å²) in [5.41, 5.74) is 7.51. The van der Waals surface area contributed by atoms with Crippen LogP contribution in [0, 0.1) is 11.6 Å². The van der Waals surface area contributed by atoms with Gasteiger partial charge in [-0.15, -0.1) is 0 Å². The molecule has 1 unspecified atom stereocenters. The molecule has 2 N–H and O–H groups in total. The first-order chi connectivity index (χ1) is 9.58. The zero-order valence-electron chi connectivity index (χ0n) is 11.3. The molecule has 20 heavy (non-hydrogen) atoms. The number of ether oxygens (including phenoxy) is 1. The molecule has 0 heterocycles. The van der Waals surface area contributed by atoms with E-state index in [4.69, 9.17) is 10.5 Å². The van der Waals surface area contributed by atoms with Crippen LogP contribution in [0.5, 0.6) is 5.75 Å². The minimum absolute atomic E-state index is 0.336. The van der Waals surface area contributed by atoms with Crippen molar-refractivity contribution >= 4 is 0 Å². The summed E-state index contributed by atoms with van der Waals surface area (Å²) in [5.74, 6) is -0.434. The molecular weight excluding hydrogens is 260 g/mol. The first-order valence-electron chi connectivity index (χ1n) is 6.52. The lowest BCUT2D eigenvalue weighted by molar-refractivity contribution is 0.339. The predicted octanol–water partition coefficient (Wildman–Crippen LogP) is 3.61. The summed E-state index contributed by atoms with van der Waals surface area (Å²) in [4.78, 5) is 0. The molecule has 106 valence electrons. The Balaban J connectivity index is 2.14. The van der Waals surface area contributed by atoms with E-state index in [9.17, 15) is 8.78 Å². The molecule has 0 fully saturated rings. The van der Waals surface area contributed by atoms with Gasteiger partial charge in [0.25, 0.3) is 0 Å². The van der Waals surface area contributed by atoms with Crippen LogP contribution in [-0.2, 0) is 6.42 Å². The van der Waals surface area contributed by atoms with E-state index in [1.807, 2.05) is 31.2 Å². The van der Waals surface area contributed by atoms with Gasteiger partial charge in [0.1, 0.15) is 17.4 Å². The Morgan fingerprint density at radius 2 is 1.80 bits per heavy atom. The highest BCUT2D eigenvalue weighted by molar-refractivity contribution is 5.32. The smallest absolute Gasteiger partial charge is 0.126 e. The molecule has 2 aromatic carbocycles. The zero-order chi connectivity index (χ0) is 14.5. The van der Waals surface area contributed by atoms with Crippen LogP contribution in [0.2, 0.25) is 0 Å². The van der Waals surface area contributed by atoms with Gasteiger partial charge in [-0.05, 0) is 48.7 Å². The Morgan fingerprint density at radius 1 is 1.10 bits per heavy atom. The molecule has 0 aliphatic rings. The molecule has 0 spiro atoms. The van der Waals surface area contributed by atoms with Crippen molar-refractivity contribution in [1.29, 1.82) is 0 Å². The Morgan fingerprint density at radius 3 is 2.45 bits per heavy atom. The fourth-order valence-corrected chi connectivity index (χ4v) is 2.10. The molecule has 0 aromatic heterocycles. The van der Waals surface area contributed by atoms with Crippen molar-refractivity contribution in [3.8, 4) is 5.75 Å². The molecule has 0 aliphatic carbocycles. The van der Waals surface area contributed by atoms with Gasteiger partial charge in [0.15, 0.2) is 0 Å². The quantitative estimate of drug-likeness (QED) is 0.906. The largest absolute Gasteiger partial charge is 0.494 e. The van der Waals surface area contributed by atoms with E-state index in [0.29, 0.717) is 18.6 Å². The third kappa shape index (κ3) is 3.78. The van der Waals surface area contributed by atoms with E-state index < -0.39 is 11.6 Å². The number of benzene rings is 2. The monoisotopic (exact) mass is 277 g/mol. The van der Waals surface area contributed by atoms with E-state index in [1.54, 1.807) is 0 Å². The highest BCUT2D eigenvalue weighted by Crippen LogP contribution is 2.21. The predicted molar refractivity (Wildman–Crippen MR) is 74.6 cm³/mol. The van der Waals surface area contributed by atoms with Gasteiger partial charge in [-0.2, -0.15) is 0 Å². The second-order valence-electron chi connectivity index (χ2n) is 4.59. The molecule has 2 aromatic rings. The van der Waals surface area contributed by atoms with Crippen LogP contribution in [0.1, 0.15) is 24.1 Å². The SMILES string of the molecule is CCOc1cccc(C(N)Cc2cc(F)cc(F)c2)c1. The van der Waals surface area contributed by atoms with Gasteiger partial charge >= 0.3 is 0 Å². The van der Waals surface area contributed by atoms with Crippen molar-refractivity contribution in [2.45, 2.75) is 19.4 Å². The van der Waals surface area contributed by atoms with Crippen molar-refractivity contribution in [3.63, 3.8) is 0 Å². The second kappa shape index (κ2) is 6.48. The van der Waals surface area contributed by atoms with Crippen LogP contribution in [0.4, 0.5) is 8.78 Å². The highest BCUT2D eigenvalue weighted by atomic mass is 19.1. The number of halogens is 2. The Bertz CT molecular complexity index is 566. The minimum Gasteiger partial charge on any atom is -0.494 e. The summed E-state index contributed by atoms with van der Waals surface area (Å²) in [6, 6.07) is 10.5. The van der Waals surface area contributed by atoms with Gasteiger partial charge in [-0.3, -0.25) is 0 Å². The van der Waals surface area contributed by atoms with Crippen molar-refractivity contribution in [3.05, 3.63) is 65.2 Å². The number of nitrogens with two attached hydrogens (primary N) is 1. The normalized spacial score (nSPS) is 12.2. The summed E-state index contributed by atoms with van der Waals surface area (Å²) in [5, 5.41) is 0. The Labute approximate surface area is 117 Å². The van der Waals surface area contributed by atoms with E-state index in [0.717, 1.165) is 17.4 Å². The van der Waals surface area contributed by atoms with Gasteiger partial charge < -0.3 is 10.5 Å². The van der Waals surface area contributed by atoms with Crippen molar-refractivity contribution in [2.75, 3.05) is 6.61 Å². The third-order valence-corrected chi connectivity index (χ3v) is 2.98. The summed E-state index contributed by atoms with van der Waals surface area (Å²) in [7, 11) is 0. The molecular formula is C16H17F2NO. The molecule has 0 amide bonds. The van der Waals surface area contributed by atoms with Gasteiger partial charge in [0.05, 0.1) is 6.61 Å². The standard InChI is InChI=1S/C16H17F2NO/c1-2-20-15-5-3-4-12(9-15)16(19)8-11-6-13(17)10-14(18)7-11/h3-7,9-10,16H,2,8,19H2,1H3. The molecule has 1 atom stereocenters. The fourth-order valence-electron chi connectivity index (χ4n) is 2.10. The number of rotatable bonds is 5. The lowest BCUT2D eigenvalue weighted by Crippen LogP contribution is -2.13. The maximum Gasteiger partial charge on any atom is 0.126 e. The summed E-state index contributed by atoms with van der Waals surface area (Å²) in [6.45, 7) is 2.48. The van der Waals surface area contributed by atoms with E-state index in [2.05, 4.69) is 0 Å². The van der Waals surface area contributed by atoms with Gasteiger partial charge in [-0.25, -0.2) is 8.78 Å². The first-order valence-corrected chi connectivity index (χ1v) is 6.52. The van der Waals surface area contributed by atoms with Crippen LogP contribution in [0.25, 0.3) is 0 Å². The van der Waals surface area contributed by atoms with E-state index in [-0.39, 0.29) is 6.04 Å². The summed E-state index contributed by atoms with van der Waals surface area (Å²) < 4.78 is 31.7. The maximum atomic E-state index is 13.1. The number of hydrogen-bond acceptors (Lipinski definition) is 2. The maximum absolute atomic E-state index is 13.1. The first kappa shape index (κ1) is 14.5. The summed E-state index contributed by atoms with van der Waals surface area (Å²) in [6.07, 6.45) is 0.365. The fraction of sp³-hybridized carbons (Fsp3) is 0.250. The van der Waals surface area contributed by atoms with Gasteiger partial charge in [-0.1, -0.05) is 12.1 Å². The lowest BCUT2D eigenvalue weighted by atomic mass is 9.99. The molecule has 4 heteroatoms. The van der Waals surface area contributed by atoms with Gasteiger partial charge in [0.2, 0.25) is 0 Å². The molecule has 0 radical (unpaired) electrons. The van der Waals surface area contributed by atoms with Crippen LogP contribution < -0.4 is 10.5 Å². The van der Waals surface area contributed by atoms with Crippen LogP contribution in [-0.4, -0.2) is 6.61 Å². The Kier molecular flexibility index (Phi) is 4.69. The minimum atomic E-state index is -0.588. The highest BCUT2D eigenvalue weighted by Gasteiger charge is 2.10.